The van der Waals surface area contributed by atoms with E-state index < -0.39 is 5.67 Å². The van der Waals surface area contributed by atoms with Crippen molar-refractivity contribution < 1.29 is 18.3 Å². The first kappa shape index (κ1) is 25.2. The molecular weight excluding hydrogens is 460 g/mol. The van der Waals surface area contributed by atoms with Crippen LogP contribution in [0.15, 0.2) is 48.0 Å². The summed E-state index contributed by atoms with van der Waals surface area (Å²) < 4.78 is 38.8. The standard InChI is InChI=1S/C29H37F2N3O2/c1-20-14-25-23-7-4-3-6-21(23)15-26(25)28(34(20)17-29(31)18-36-19-29)24-9-8-22(16-27(24)35-2)33-13-12-32-11-5-10-30/h3-4,6-9,16,20,28,32-33H,5,10-15,17-19H2,1-2H3/t20-,28-/m1/s1. The van der Waals surface area contributed by atoms with Gasteiger partial charge in [0.15, 0.2) is 5.67 Å². The minimum absolute atomic E-state index is 0.0595. The Balaban J connectivity index is 1.44. The van der Waals surface area contributed by atoms with Crippen LogP contribution in [0.25, 0.3) is 5.57 Å². The van der Waals surface area contributed by atoms with Crippen molar-refractivity contribution in [2.75, 3.05) is 58.5 Å². The maximum absolute atomic E-state index is 15.4. The molecule has 7 heteroatoms. The van der Waals surface area contributed by atoms with Gasteiger partial charge in [0.25, 0.3) is 0 Å². The molecule has 0 saturated carbocycles. The molecule has 0 radical (unpaired) electrons. The molecule has 2 atom stereocenters. The van der Waals surface area contributed by atoms with Gasteiger partial charge in [-0.3, -0.25) is 9.29 Å². The predicted molar refractivity (Wildman–Crippen MR) is 140 cm³/mol. The third kappa shape index (κ3) is 5.01. The molecule has 0 unspecified atom stereocenters. The zero-order valence-corrected chi connectivity index (χ0v) is 21.3. The maximum atomic E-state index is 15.4. The van der Waals surface area contributed by atoms with E-state index in [1.807, 2.05) is 6.07 Å². The molecule has 2 aromatic rings. The normalized spacial score (nSPS) is 22.7. The summed E-state index contributed by atoms with van der Waals surface area (Å²) in [6.07, 6.45) is 2.33. The van der Waals surface area contributed by atoms with Crippen molar-refractivity contribution in [2.45, 2.75) is 43.9 Å². The fourth-order valence-electron chi connectivity index (χ4n) is 5.84. The molecule has 1 aliphatic carbocycles. The van der Waals surface area contributed by atoms with Crippen LogP contribution in [0.2, 0.25) is 0 Å². The van der Waals surface area contributed by atoms with Gasteiger partial charge in [-0.2, -0.15) is 0 Å². The number of rotatable bonds is 11. The van der Waals surface area contributed by atoms with Crippen molar-refractivity contribution >= 4 is 11.3 Å². The number of benzene rings is 2. The lowest BCUT2D eigenvalue weighted by atomic mass is 9.83. The topological polar surface area (TPSA) is 45.8 Å². The average Bonchev–Trinajstić information content (AvgIpc) is 3.23. The molecule has 0 spiro atoms. The summed E-state index contributed by atoms with van der Waals surface area (Å²) in [7, 11) is 1.70. The van der Waals surface area contributed by atoms with Crippen LogP contribution >= 0.6 is 0 Å². The Morgan fingerprint density at radius 3 is 2.72 bits per heavy atom. The van der Waals surface area contributed by atoms with Crippen LogP contribution in [-0.4, -0.2) is 69.8 Å². The second kappa shape index (κ2) is 10.9. The summed E-state index contributed by atoms with van der Waals surface area (Å²) in [4.78, 5) is 2.33. The molecule has 0 aromatic heterocycles. The minimum Gasteiger partial charge on any atom is -0.496 e. The van der Waals surface area contributed by atoms with Crippen LogP contribution in [0.5, 0.6) is 5.75 Å². The molecule has 3 aliphatic rings. The van der Waals surface area contributed by atoms with Crippen molar-refractivity contribution in [3.05, 3.63) is 64.7 Å². The first-order valence-corrected chi connectivity index (χ1v) is 13.0. The van der Waals surface area contributed by atoms with E-state index >= 15 is 4.39 Å². The van der Waals surface area contributed by atoms with Crippen LogP contribution < -0.4 is 15.4 Å². The zero-order valence-electron chi connectivity index (χ0n) is 21.3. The fourth-order valence-corrected chi connectivity index (χ4v) is 5.84. The summed E-state index contributed by atoms with van der Waals surface area (Å²) in [5.74, 6) is 0.801. The average molecular weight is 498 g/mol. The van der Waals surface area contributed by atoms with Crippen molar-refractivity contribution in [2.24, 2.45) is 0 Å². The number of alkyl halides is 2. The fraction of sp³-hybridized carbons (Fsp3) is 0.517. The highest BCUT2D eigenvalue weighted by molar-refractivity contribution is 5.79. The van der Waals surface area contributed by atoms with Gasteiger partial charge in [-0.1, -0.05) is 30.3 Å². The third-order valence-corrected chi connectivity index (χ3v) is 7.67. The lowest BCUT2D eigenvalue weighted by Gasteiger charge is -2.47. The zero-order chi connectivity index (χ0) is 25.1. The lowest BCUT2D eigenvalue weighted by molar-refractivity contribution is -0.147. The van der Waals surface area contributed by atoms with Crippen molar-refractivity contribution in [3.63, 3.8) is 0 Å². The highest BCUT2D eigenvalue weighted by atomic mass is 19.1. The highest BCUT2D eigenvalue weighted by Gasteiger charge is 2.47. The van der Waals surface area contributed by atoms with E-state index in [1.165, 1.54) is 22.3 Å². The van der Waals surface area contributed by atoms with Crippen molar-refractivity contribution in [1.82, 2.24) is 10.2 Å². The molecule has 2 aliphatic heterocycles. The van der Waals surface area contributed by atoms with Gasteiger partial charge in [0.05, 0.1) is 33.0 Å². The largest absolute Gasteiger partial charge is 0.496 e. The summed E-state index contributed by atoms with van der Waals surface area (Å²) in [6, 6.07) is 15.0. The van der Waals surface area contributed by atoms with Crippen LogP contribution in [0, 0.1) is 0 Å². The Morgan fingerprint density at radius 2 is 1.97 bits per heavy atom. The molecule has 2 aromatic carbocycles. The van der Waals surface area contributed by atoms with E-state index in [0.29, 0.717) is 19.5 Å². The number of nitrogens with one attached hydrogen (secondary N) is 2. The Labute approximate surface area is 212 Å². The number of methoxy groups -OCH3 is 1. The number of nitrogens with zero attached hydrogens (tertiary/aromatic N) is 1. The number of anilines is 1. The summed E-state index contributed by atoms with van der Waals surface area (Å²) in [5.41, 5.74) is 6.18. The van der Waals surface area contributed by atoms with Gasteiger partial charge in [-0.05, 0) is 61.1 Å². The molecule has 2 N–H and O–H groups in total. The minimum atomic E-state index is -1.31. The van der Waals surface area contributed by atoms with Gasteiger partial charge in [0.1, 0.15) is 5.75 Å². The van der Waals surface area contributed by atoms with Gasteiger partial charge in [-0.15, -0.1) is 0 Å². The van der Waals surface area contributed by atoms with Gasteiger partial charge in [-0.25, -0.2) is 4.39 Å². The lowest BCUT2D eigenvalue weighted by Crippen LogP contribution is -2.57. The molecular formula is C29H37F2N3O2. The predicted octanol–water partition coefficient (Wildman–Crippen LogP) is 4.94. The van der Waals surface area contributed by atoms with Crippen LogP contribution in [-0.2, 0) is 11.2 Å². The van der Waals surface area contributed by atoms with Gasteiger partial charge in [0, 0.05) is 43.0 Å². The Bertz CT molecular complexity index is 1100. The number of ether oxygens (including phenoxy) is 2. The van der Waals surface area contributed by atoms with Crippen LogP contribution in [0.3, 0.4) is 0 Å². The Hall–Kier alpha value is -2.48. The highest BCUT2D eigenvalue weighted by Crippen LogP contribution is 2.51. The molecule has 0 bridgehead atoms. The second-order valence-corrected chi connectivity index (χ2v) is 10.3. The monoisotopic (exact) mass is 497 g/mol. The van der Waals surface area contributed by atoms with E-state index in [1.54, 1.807) is 7.11 Å². The number of hydrogen-bond acceptors (Lipinski definition) is 5. The molecule has 0 amide bonds. The van der Waals surface area contributed by atoms with E-state index in [-0.39, 0.29) is 32.0 Å². The molecule has 36 heavy (non-hydrogen) atoms. The molecule has 5 nitrogen and oxygen atoms in total. The number of fused-ring (bicyclic) bond motifs is 2. The molecule has 194 valence electrons. The molecule has 1 saturated heterocycles. The first-order valence-electron chi connectivity index (χ1n) is 13.0. The maximum Gasteiger partial charge on any atom is 0.169 e. The molecule has 1 fully saturated rings. The molecule has 2 heterocycles. The smallest absolute Gasteiger partial charge is 0.169 e. The van der Waals surface area contributed by atoms with E-state index in [4.69, 9.17) is 9.47 Å². The van der Waals surface area contributed by atoms with Crippen LogP contribution in [0.4, 0.5) is 14.5 Å². The van der Waals surface area contributed by atoms with Crippen molar-refractivity contribution in [1.29, 1.82) is 0 Å². The Morgan fingerprint density at radius 1 is 1.14 bits per heavy atom. The van der Waals surface area contributed by atoms with Crippen LogP contribution in [0.1, 0.15) is 42.5 Å². The number of hydrogen-bond donors (Lipinski definition) is 2. The van der Waals surface area contributed by atoms with E-state index in [9.17, 15) is 4.39 Å². The quantitative estimate of drug-likeness (QED) is 0.431. The summed E-state index contributed by atoms with van der Waals surface area (Å²) >= 11 is 0. The third-order valence-electron chi connectivity index (χ3n) is 7.67. The van der Waals surface area contributed by atoms with Gasteiger partial charge in [0.2, 0.25) is 0 Å². The van der Waals surface area contributed by atoms with E-state index in [0.717, 1.165) is 42.9 Å². The van der Waals surface area contributed by atoms with Gasteiger partial charge < -0.3 is 20.1 Å². The SMILES string of the molecule is COc1cc(NCCNCCCF)ccc1[C@@H]1C2=C(C[C@@H](C)N1CC1(F)COC1)c1ccccc1C2. The molecule has 5 rings (SSSR count). The summed E-state index contributed by atoms with van der Waals surface area (Å²) in [5, 5.41) is 6.66. The Kier molecular flexibility index (Phi) is 7.60. The number of halogens is 2. The van der Waals surface area contributed by atoms with Crippen molar-refractivity contribution in [3.8, 4) is 5.75 Å². The first-order chi connectivity index (χ1) is 17.5. The van der Waals surface area contributed by atoms with E-state index in [2.05, 4.69) is 58.9 Å². The summed E-state index contributed by atoms with van der Waals surface area (Å²) in [6.45, 7) is 4.75. The second-order valence-electron chi connectivity index (χ2n) is 10.3. The van der Waals surface area contributed by atoms with Gasteiger partial charge >= 0.3 is 0 Å².